The maximum Gasteiger partial charge on any atom is 0.274 e. The third-order valence-electron chi connectivity index (χ3n) is 2.90. The van der Waals surface area contributed by atoms with Crippen LogP contribution < -0.4 is 0 Å². The average molecular weight is 260 g/mol. The standard InChI is InChI=1S/C14H16N2O3/c17-9-2-4-11-3-1-7-15-13(11)14(19)16(8-10-18)12-5-6-12/h1,3,7,12,17-18H,5-6,8-10H2. The minimum Gasteiger partial charge on any atom is -0.395 e. The molecule has 2 rings (SSSR count). The number of carbonyl (C=O) groups excluding carboxylic acids is 1. The first kappa shape index (κ1) is 13.5. The van der Waals surface area contributed by atoms with Crippen molar-refractivity contribution in [2.24, 2.45) is 0 Å². The number of nitrogens with zero attached hydrogens (tertiary/aromatic N) is 2. The second-order valence-corrected chi connectivity index (χ2v) is 4.31. The van der Waals surface area contributed by atoms with Crippen LogP contribution in [0.5, 0.6) is 0 Å². The van der Waals surface area contributed by atoms with Gasteiger partial charge in [-0.2, -0.15) is 0 Å². The van der Waals surface area contributed by atoms with Gasteiger partial charge in [-0.05, 0) is 25.0 Å². The molecular weight excluding hydrogens is 244 g/mol. The normalized spacial score (nSPS) is 13.6. The number of aromatic nitrogens is 1. The Morgan fingerprint density at radius 1 is 1.47 bits per heavy atom. The second-order valence-electron chi connectivity index (χ2n) is 4.31. The highest BCUT2D eigenvalue weighted by molar-refractivity contribution is 5.95. The molecule has 5 heteroatoms. The lowest BCUT2D eigenvalue weighted by Gasteiger charge is -2.21. The molecule has 0 radical (unpaired) electrons. The quantitative estimate of drug-likeness (QED) is 0.749. The molecule has 1 heterocycles. The SMILES string of the molecule is O=C(c1ncccc1C#CCO)N(CCO)C1CC1. The van der Waals surface area contributed by atoms with Gasteiger partial charge in [0.2, 0.25) is 0 Å². The van der Waals surface area contributed by atoms with Gasteiger partial charge in [-0.3, -0.25) is 4.79 Å². The van der Waals surface area contributed by atoms with E-state index in [4.69, 9.17) is 10.2 Å². The molecule has 5 nitrogen and oxygen atoms in total. The van der Waals surface area contributed by atoms with Crippen molar-refractivity contribution in [2.75, 3.05) is 19.8 Å². The van der Waals surface area contributed by atoms with Crippen LogP contribution in [0.1, 0.15) is 28.9 Å². The summed E-state index contributed by atoms with van der Waals surface area (Å²) in [5.41, 5.74) is 0.786. The molecule has 0 aromatic carbocycles. The van der Waals surface area contributed by atoms with Gasteiger partial charge in [0, 0.05) is 18.8 Å². The fraction of sp³-hybridized carbons (Fsp3) is 0.429. The van der Waals surface area contributed by atoms with Gasteiger partial charge in [0.1, 0.15) is 12.3 Å². The molecule has 1 saturated carbocycles. The summed E-state index contributed by atoms with van der Waals surface area (Å²) in [5, 5.41) is 17.8. The molecule has 0 atom stereocenters. The number of aliphatic hydroxyl groups excluding tert-OH is 2. The third-order valence-corrected chi connectivity index (χ3v) is 2.90. The highest BCUT2D eigenvalue weighted by Gasteiger charge is 2.33. The van der Waals surface area contributed by atoms with Crippen LogP contribution in [0.4, 0.5) is 0 Å². The van der Waals surface area contributed by atoms with E-state index in [2.05, 4.69) is 16.8 Å². The largest absolute Gasteiger partial charge is 0.395 e. The van der Waals surface area contributed by atoms with Crippen LogP contribution in [0.2, 0.25) is 0 Å². The Morgan fingerprint density at radius 3 is 2.89 bits per heavy atom. The molecule has 0 saturated heterocycles. The van der Waals surface area contributed by atoms with Gasteiger partial charge >= 0.3 is 0 Å². The van der Waals surface area contributed by atoms with Crippen molar-refractivity contribution < 1.29 is 15.0 Å². The molecule has 0 unspecified atom stereocenters. The van der Waals surface area contributed by atoms with Crippen LogP contribution >= 0.6 is 0 Å². The molecule has 0 aliphatic heterocycles. The molecule has 1 aromatic heterocycles. The summed E-state index contributed by atoms with van der Waals surface area (Å²) in [6.45, 7) is -0.00876. The molecular formula is C14H16N2O3. The summed E-state index contributed by atoms with van der Waals surface area (Å²) in [6.07, 6.45) is 3.48. The summed E-state index contributed by atoms with van der Waals surface area (Å²) < 4.78 is 0. The summed E-state index contributed by atoms with van der Waals surface area (Å²) in [5.74, 6) is 5.04. The topological polar surface area (TPSA) is 73.7 Å². The minimum atomic E-state index is -0.258. The first-order valence-corrected chi connectivity index (χ1v) is 6.24. The van der Waals surface area contributed by atoms with Crippen molar-refractivity contribution in [3.8, 4) is 11.8 Å². The van der Waals surface area contributed by atoms with E-state index in [1.165, 1.54) is 0 Å². The molecule has 1 fully saturated rings. The summed E-state index contributed by atoms with van der Waals surface area (Å²) >= 11 is 0. The Bertz CT molecular complexity index is 515. The Balaban J connectivity index is 2.26. The van der Waals surface area contributed by atoms with Gasteiger partial charge in [-0.1, -0.05) is 11.8 Å². The number of pyridine rings is 1. The van der Waals surface area contributed by atoms with Gasteiger partial charge in [-0.25, -0.2) is 4.98 Å². The molecule has 1 aliphatic rings. The van der Waals surface area contributed by atoms with Crippen LogP contribution in [0, 0.1) is 11.8 Å². The Hall–Kier alpha value is -1.90. The first-order valence-electron chi connectivity index (χ1n) is 6.24. The van der Waals surface area contributed by atoms with Gasteiger partial charge in [0.25, 0.3) is 5.91 Å². The van der Waals surface area contributed by atoms with E-state index in [0.29, 0.717) is 12.1 Å². The van der Waals surface area contributed by atoms with Crippen molar-refractivity contribution >= 4 is 5.91 Å². The summed E-state index contributed by atoms with van der Waals surface area (Å²) in [6, 6.07) is 3.61. The average Bonchev–Trinajstić information content (AvgIpc) is 3.26. The molecule has 0 spiro atoms. The monoisotopic (exact) mass is 260 g/mol. The molecule has 2 N–H and O–H groups in total. The number of hydrogen-bond acceptors (Lipinski definition) is 4. The molecule has 1 aromatic rings. The van der Waals surface area contributed by atoms with E-state index in [9.17, 15) is 4.79 Å². The minimum absolute atomic E-state index is 0.0628. The lowest BCUT2D eigenvalue weighted by atomic mass is 10.1. The van der Waals surface area contributed by atoms with E-state index >= 15 is 0 Å². The Kier molecular flexibility index (Phi) is 4.50. The highest BCUT2D eigenvalue weighted by atomic mass is 16.3. The van der Waals surface area contributed by atoms with Gasteiger partial charge in [0.15, 0.2) is 0 Å². The lowest BCUT2D eigenvalue weighted by molar-refractivity contribution is 0.0701. The van der Waals surface area contributed by atoms with E-state index < -0.39 is 0 Å². The maximum atomic E-state index is 12.4. The predicted octanol–water partition coefficient (Wildman–Crippen LogP) is 0.0223. The number of hydrogen-bond donors (Lipinski definition) is 2. The van der Waals surface area contributed by atoms with Gasteiger partial charge < -0.3 is 15.1 Å². The number of amides is 1. The zero-order valence-electron chi connectivity index (χ0n) is 10.5. The zero-order valence-corrected chi connectivity index (χ0v) is 10.5. The van der Waals surface area contributed by atoms with Crippen LogP contribution in [-0.4, -0.2) is 51.8 Å². The maximum absolute atomic E-state index is 12.4. The van der Waals surface area contributed by atoms with Crippen molar-refractivity contribution in [1.82, 2.24) is 9.88 Å². The first-order chi connectivity index (χ1) is 9.27. The van der Waals surface area contributed by atoms with Crippen molar-refractivity contribution in [3.05, 3.63) is 29.6 Å². The van der Waals surface area contributed by atoms with Crippen molar-refractivity contribution in [1.29, 1.82) is 0 Å². The van der Waals surface area contributed by atoms with Crippen LogP contribution in [0.3, 0.4) is 0 Å². The highest BCUT2D eigenvalue weighted by Crippen LogP contribution is 2.28. The molecule has 0 bridgehead atoms. The Morgan fingerprint density at radius 2 is 2.26 bits per heavy atom. The van der Waals surface area contributed by atoms with Crippen LogP contribution in [0.15, 0.2) is 18.3 Å². The predicted molar refractivity (Wildman–Crippen MR) is 69.3 cm³/mol. The lowest BCUT2D eigenvalue weighted by Crippen LogP contribution is -2.36. The van der Waals surface area contributed by atoms with Crippen LogP contribution in [-0.2, 0) is 0 Å². The van der Waals surface area contributed by atoms with E-state index in [1.807, 2.05) is 0 Å². The fourth-order valence-electron chi connectivity index (χ4n) is 1.89. The number of aliphatic hydroxyl groups is 2. The second kappa shape index (κ2) is 6.32. The third kappa shape index (κ3) is 3.31. The number of carbonyl (C=O) groups is 1. The smallest absolute Gasteiger partial charge is 0.274 e. The summed E-state index contributed by atoms with van der Waals surface area (Å²) in [4.78, 5) is 18.2. The number of rotatable bonds is 4. The molecule has 1 amide bonds. The van der Waals surface area contributed by atoms with E-state index in [0.717, 1.165) is 12.8 Å². The van der Waals surface area contributed by atoms with E-state index in [1.54, 1.807) is 23.2 Å². The van der Waals surface area contributed by atoms with Gasteiger partial charge in [-0.15, -0.1) is 0 Å². The van der Waals surface area contributed by atoms with Gasteiger partial charge in [0.05, 0.1) is 12.2 Å². The molecule has 19 heavy (non-hydrogen) atoms. The Labute approximate surface area is 111 Å². The fourth-order valence-corrected chi connectivity index (χ4v) is 1.89. The van der Waals surface area contributed by atoms with Crippen LogP contribution in [0.25, 0.3) is 0 Å². The molecule has 1 aliphatic carbocycles. The van der Waals surface area contributed by atoms with Crippen molar-refractivity contribution in [3.63, 3.8) is 0 Å². The molecule has 100 valence electrons. The van der Waals surface area contributed by atoms with E-state index in [-0.39, 0.29) is 30.9 Å². The zero-order chi connectivity index (χ0) is 13.7. The summed E-state index contributed by atoms with van der Waals surface area (Å²) in [7, 11) is 0. The van der Waals surface area contributed by atoms with Crippen molar-refractivity contribution in [2.45, 2.75) is 18.9 Å².